The highest BCUT2D eigenvalue weighted by atomic mass is 16.5. The molecule has 4 nitrogen and oxygen atoms in total. The summed E-state index contributed by atoms with van der Waals surface area (Å²) in [6, 6.07) is 16.1. The molecule has 0 fully saturated rings. The Labute approximate surface area is 226 Å². The van der Waals surface area contributed by atoms with E-state index in [1.54, 1.807) is 6.21 Å². The molecule has 0 spiro atoms. The minimum atomic E-state index is -0.0102. The number of hydrogen-bond donors (Lipinski definition) is 1. The molecule has 0 unspecified atom stereocenters. The summed E-state index contributed by atoms with van der Waals surface area (Å²) in [5.74, 6) is 0.805. The third-order valence-electron chi connectivity index (χ3n) is 6.82. The van der Waals surface area contributed by atoms with Crippen LogP contribution in [0.4, 0.5) is 0 Å². The first-order valence-electron chi connectivity index (χ1n) is 14.8. The lowest BCUT2D eigenvalue weighted by atomic mass is 10.0. The quantitative estimate of drug-likeness (QED) is 0.104. The van der Waals surface area contributed by atoms with Gasteiger partial charge in [0.2, 0.25) is 5.91 Å². The summed E-state index contributed by atoms with van der Waals surface area (Å²) < 4.78 is 5.83. The van der Waals surface area contributed by atoms with Crippen LogP contribution in [0.5, 0.6) is 5.75 Å². The molecule has 0 bridgehead atoms. The van der Waals surface area contributed by atoms with Crippen molar-refractivity contribution < 1.29 is 9.53 Å². The van der Waals surface area contributed by atoms with E-state index in [-0.39, 0.29) is 5.91 Å². The summed E-state index contributed by atoms with van der Waals surface area (Å²) in [4.78, 5) is 12.0. The zero-order valence-corrected chi connectivity index (χ0v) is 23.5. The maximum Gasteiger partial charge on any atom is 0.240 e. The number of nitrogens with one attached hydrogen (secondary N) is 1. The van der Waals surface area contributed by atoms with Crippen LogP contribution in [0.15, 0.2) is 53.6 Å². The number of amides is 1. The summed E-state index contributed by atoms with van der Waals surface area (Å²) in [5, 5.41) is 4.10. The highest BCUT2D eigenvalue weighted by molar-refractivity contribution is 5.82. The maximum atomic E-state index is 12.0. The molecule has 0 heterocycles. The number of hydrazone groups is 1. The van der Waals surface area contributed by atoms with Gasteiger partial charge >= 0.3 is 0 Å². The fraction of sp³-hybridized carbons (Fsp3) is 0.576. The molecule has 0 saturated heterocycles. The van der Waals surface area contributed by atoms with Crippen molar-refractivity contribution >= 4 is 12.1 Å². The normalized spacial score (nSPS) is 11.2. The Kier molecular flexibility index (Phi) is 16.9. The SMILES string of the molecule is CCCCCCCCCCCCCCCCCC(=O)N/N=C/c1ccc(OCc2ccc(C)cc2)cc1. The van der Waals surface area contributed by atoms with Crippen LogP contribution in [0.1, 0.15) is 126 Å². The molecule has 4 heteroatoms. The van der Waals surface area contributed by atoms with Crippen molar-refractivity contribution in [1.29, 1.82) is 0 Å². The number of unbranched alkanes of at least 4 members (excludes halogenated alkanes) is 14. The van der Waals surface area contributed by atoms with E-state index in [0.29, 0.717) is 13.0 Å². The van der Waals surface area contributed by atoms with Crippen LogP contribution in [0.25, 0.3) is 0 Å². The van der Waals surface area contributed by atoms with Gasteiger partial charge in [0.15, 0.2) is 0 Å². The van der Waals surface area contributed by atoms with Gasteiger partial charge in [-0.25, -0.2) is 5.43 Å². The second kappa shape index (κ2) is 20.4. The summed E-state index contributed by atoms with van der Waals surface area (Å²) in [6.45, 7) is 4.90. The minimum absolute atomic E-state index is 0.0102. The van der Waals surface area contributed by atoms with Crippen LogP contribution in [0.3, 0.4) is 0 Å². The molecule has 2 aromatic carbocycles. The van der Waals surface area contributed by atoms with E-state index < -0.39 is 0 Å². The number of carbonyl (C=O) groups excluding carboxylic acids is 1. The molecular formula is C33H50N2O2. The molecule has 0 saturated carbocycles. The summed E-state index contributed by atoms with van der Waals surface area (Å²) in [5.41, 5.74) is 5.96. The first-order valence-corrected chi connectivity index (χ1v) is 14.8. The van der Waals surface area contributed by atoms with E-state index in [1.165, 1.54) is 89.0 Å². The average Bonchev–Trinajstić information content (AvgIpc) is 2.91. The molecule has 0 radical (unpaired) electrons. The van der Waals surface area contributed by atoms with Crippen LogP contribution < -0.4 is 10.2 Å². The lowest BCUT2D eigenvalue weighted by Gasteiger charge is -2.07. The lowest BCUT2D eigenvalue weighted by molar-refractivity contribution is -0.121. The Morgan fingerprint density at radius 1 is 0.730 bits per heavy atom. The number of rotatable bonds is 21. The lowest BCUT2D eigenvalue weighted by Crippen LogP contribution is -2.16. The Hall–Kier alpha value is -2.62. The average molecular weight is 507 g/mol. The highest BCUT2D eigenvalue weighted by Crippen LogP contribution is 2.15. The predicted molar refractivity (Wildman–Crippen MR) is 157 cm³/mol. The van der Waals surface area contributed by atoms with Gasteiger partial charge in [-0.05, 0) is 48.7 Å². The Morgan fingerprint density at radius 2 is 1.24 bits per heavy atom. The molecule has 1 amide bonds. The van der Waals surface area contributed by atoms with E-state index >= 15 is 0 Å². The van der Waals surface area contributed by atoms with Gasteiger partial charge in [0.1, 0.15) is 12.4 Å². The van der Waals surface area contributed by atoms with Crippen LogP contribution in [0.2, 0.25) is 0 Å². The minimum Gasteiger partial charge on any atom is -0.489 e. The Morgan fingerprint density at radius 3 is 1.78 bits per heavy atom. The van der Waals surface area contributed by atoms with Gasteiger partial charge in [-0.1, -0.05) is 127 Å². The van der Waals surface area contributed by atoms with Gasteiger partial charge in [0, 0.05) is 6.42 Å². The third kappa shape index (κ3) is 16.0. The second-order valence-corrected chi connectivity index (χ2v) is 10.3. The number of benzene rings is 2. The van der Waals surface area contributed by atoms with E-state index in [1.807, 2.05) is 24.3 Å². The van der Waals surface area contributed by atoms with Crippen molar-refractivity contribution in [2.45, 2.75) is 123 Å². The fourth-order valence-corrected chi connectivity index (χ4v) is 4.39. The first-order chi connectivity index (χ1) is 18.2. The molecule has 0 atom stereocenters. The van der Waals surface area contributed by atoms with Crippen LogP contribution in [-0.2, 0) is 11.4 Å². The number of ether oxygens (including phenoxy) is 1. The van der Waals surface area contributed by atoms with Crippen molar-refractivity contribution in [1.82, 2.24) is 5.43 Å². The summed E-state index contributed by atoms with van der Waals surface area (Å²) >= 11 is 0. The topological polar surface area (TPSA) is 50.7 Å². The Balaban J connectivity index is 1.42. The summed E-state index contributed by atoms with van der Waals surface area (Å²) in [6.07, 6.45) is 22.1. The van der Waals surface area contributed by atoms with Gasteiger partial charge in [-0.15, -0.1) is 0 Å². The van der Waals surface area contributed by atoms with Crippen molar-refractivity contribution in [2.24, 2.45) is 5.10 Å². The molecule has 0 aromatic heterocycles. The van der Waals surface area contributed by atoms with Gasteiger partial charge in [-0.3, -0.25) is 4.79 Å². The van der Waals surface area contributed by atoms with Gasteiger partial charge in [-0.2, -0.15) is 5.10 Å². The molecule has 2 rings (SSSR count). The van der Waals surface area contributed by atoms with Crippen LogP contribution >= 0.6 is 0 Å². The van der Waals surface area contributed by atoms with E-state index in [2.05, 4.69) is 48.6 Å². The number of aryl methyl sites for hydroxylation is 1. The van der Waals surface area contributed by atoms with Crippen molar-refractivity contribution in [3.63, 3.8) is 0 Å². The number of hydrogen-bond acceptors (Lipinski definition) is 3. The molecule has 0 aliphatic carbocycles. The Bertz CT molecular complexity index is 859. The molecule has 1 N–H and O–H groups in total. The fourth-order valence-electron chi connectivity index (χ4n) is 4.39. The molecular weight excluding hydrogens is 456 g/mol. The maximum absolute atomic E-state index is 12.0. The third-order valence-corrected chi connectivity index (χ3v) is 6.82. The molecule has 204 valence electrons. The van der Waals surface area contributed by atoms with Crippen molar-refractivity contribution in [3.8, 4) is 5.75 Å². The molecule has 0 aliphatic heterocycles. The van der Waals surface area contributed by atoms with Gasteiger partial charge in [0.25, 0.3) is 0 Å². The van der Waals surface area contributed by atoms with E-state index in [9.17, 15) is 4.79 Å². The van der Waals surface area contributed by atoms with Crippen LogP contribution in [-0.4, -0.2) is 12.1 Å². The van der Waals surface area contributed by atoms with Crippen molar-refractivity contribution in [3.05, 3.63) is 65.2 Å². The van der Waals surface area contributed by atoms with E-state index in [0.717, 1.165) is 29.7 Å². The largest absolute Gasteiger partial charge is 0.489 e. The summed E-state index contributed by atoms with van der Waals surface area (Å²) in [7, 11) is 0. The van der Waals surface area contributed by atoms with E-state index in [4.69, 9.17) is 4.74 Å². The monoisotopic (exact) mass is 506 g/mol. The first kappa shape index (κ1) is 30.6. The second-order valence-electron chi connectivity index (χ2n) is 10.3. The number of carbonyl (C=O) groups is 1. The van der Waals surface area contributed by atoms with Crippen LogP contribution in [0, 0.1) is 6.92 Å². The number of nitrogens with zero attached hydrogens (tertiary/aromatic N) is 1. The molecule has 2 aromatic rings. The molecule has 37 heavy (non-hydrogen) atoms. The highest BCUT2D eigenvalue weighted by Gasteiger charge is 2.00. The predicted octanol–water partition coefficient (Wildman–Crippen LogP) is 9.29. The zero-order chi connectivity index (χ0) is 26.4. The van der Waals surface area contributed by atoms with Gasteiger partial charge < -0.3 is 4.74 Å². The zero-order valence-electron chi connectivity index (χ0n) is 23.5. The van der Waals surface area contributed by atoms with Crippen molar-refractivity contribution in [2.75, 3.05) is 0 Å². The molecule has 0 aliphatic rings. The standard InChI is InChI=1S/C33H50N2O2/c1-3-4-5-6-7-8-9-10-11-12-13-14-15-16-17-18-33(36)35-34-27-30-23-25-32(26-24-30)37-28-31-21-19-29(2)20-22-31/h19-27H,3-18,28H2,1-2H3,(H,35,36)/b34-27+. The van der Waals surface area contributed by atoms with Gasteiger partial charge in [0.05, 0.1) is 6.21 Å². The smallest absolute Gasteiger partial charge is 0.240 e.